The molecule has 1 aliphatic heterocycles. The van der Waals surface area contributed by atoms with Crippen molar-refractivity contribution in [2.24, 2.45) is 5.73 Å². The molecule has 6 heteroatoms. The molecule has 0 spiro atoms. The van der Waals surface area contributed by atoms with Gasteiger partial charge in [-0.25, -0.2) is 0 Å². The highest BCUT2D eigenvalue weighted by Crippen LogP contribution is 2.25. The second-order valence-electron chi connectivity index (χ2n) is 4.36. The molecule has 0 aliphatic carbocycles. The van der Waals surface area contributed by atoms with Crippen molar-refractivity contribution in [1.82, 2.24) is 0 Å². The van der Waals surface area contributed by atoms with Crippen LogP contribution in [-0.4, -0.2) is 18.4 Å². The van der Waals surface area contributed by atoms with Gasteiger partial charge in [0.1, 0.15) is 0 Å². The van der Waals surface area contributed by atoms with Crippen molar-refractivity contribution >= 4 is 35.6 Å². The van der Waals surface area contributed by atoms with Gasteiger partial charge in [-0.05, 0) is 43.1 Å². The van der Waals surface area contributed by atoms with E-state index in [1.165, 1.54) is 0 Å². The lowest BCUT2D eigenvalue weighted by Crippen LogP contribution is -2.19. The van der Waals surface area contributed by atoms with Crippen molar-refractivity contribution in [3.63, 3.8) is 0 Å². The molecule has 0 saturated heterocycles. The van der Waals surface area contributed by atoms with Crippen molar-refractivity contribution in [3.8, 4) is 0 Å². The van der Waals surface area contributed by atoms with Crippen molar-refractivity contribution in [2.75, 3.05) is 17.2 Å². The average molecular weight is 284 g/mol. The average Bonchev–Trinajstić information content (AvgIpc) is 2.36. The summed E-state index contributed by atoms with van der Waals surface area (Å²) in [5, 5.41) is 5.64. The van der Waals surface area contributed by atoms with Gasteiger partial charge in [-0.2, -0.15) is 0 Å². The Bertz CT molecular complexity index is 477. The zero-order valence-electron chi connectivity index (χ0n) is 10.6. The van der Waals surface area contributed by atoms with Gasteiger partial charge in [0.25, 0.3) is 0 Å². The molecule has 0 aromatic heterocycles. The molecule has 1 aromatic rings. The highest BCUT2D eigenvalue weighted by Gasteiger charge is 2.15. The topological polar surface area (TPSA) is 84.2 Å². The zero-order chi connectivity index (χ0) is 13.0. The first-order valence-electron chi connectivity index (χ1n) is 6.12. The fourth-order valence-corrected chi connectivity index (χ4v) is 1.95. The van der Waals surface area contributed by atoms with Crippen LogP contribution >= 0.6 is 12.4 Å². The lowest BCUT2D eigenvalue weighted by molar-refractivity contribution is -0.117. The van der Waals surface area contributed by atoms with E-state index in [1.54, 1.807) is 6.07 Å². The quantitative estimate of drug-likeness (QED) is 0.786. The molecule has 1 aromatic carbocycles. The maximum absolute atomic E-state index is 11.6. The summed E-state index contributed by atoms with van der Waals surface area (Å²) in [6, 6.07) is 5.53. The van der Waals surface area contributed by atoms with Gasteiger partial charge in [0.2, 0.25) is 11.8 Å². The number of aryl methyl sites for hydroxylation is 1. The predicted molar refractivity (Wildman–Crippen MR) is 77.6 cm³/mol. The molecule has 0 radical (unpaired) electrons. The Labute approximate surface area is 118 Å². The second kappa shape index (κ2) is 7.11. The number of rotatable bonds is 4. The smallest absolute Gasteiger partial charge is 0.224 e. The van der Waals surface area contributed by atoms with Crippen LogP contribution in [0.2, 0.25) is 0 Å². The number of amides is 2. The Hall–Kier alpha value is -1.59. The number of benzene rings is 1. The maximum Gasteiger partial charge on any atom is 0.224 e. The number of anilines is 2. The third-order valence-electron chi connectivity index (χ3n) is 2.89. The molecular weight excluding hydrogens is 266 g/mol. The standard InChI is InChI=1S/C13H17N3O2.ClH/c14-7-1-2-12(17)15-10-4-5-11-9(8-10)3-6-13(18)16-11;/h4-5,8H,1-3,6-7,14H2,(H,15,17)(H,16,18);1H. The monoisotopic (exact) mass is 283 g/mol. The molecule has 0 saturated carbocycles. The first-order chi connectivity index (χ1) is 8.69. The van der Waals surface area contributed by atoms with Crippen LogP contribution in [0.4, 0.5) is 11.4 Å². The largest absolute Gasteiger partial charge is 0.330 e. The van der Waals surface area contributed by atoms with Gasteiger partial charge in [0, 0.05) is 24.2 Å². The first kappa shape index (κ1) is 15.5. The molecule has 0 bridgehead atoms. The molecule has 0 unspecified atom stereocenters. The van der Waals surface area contributed by atoms with Gasteiger partial charge in [-0.1, -0.05) is 0 Å². The number of carbonyl (C=O) groups is 2. The van der Waals surface area contributed by atoms with E-state index in [9.17, 15) is 9.59 Å². The molecule has 2 amide bonds. The number of nitrogens with two attached hydrogens (primary N) is 1. The van der Waals surface area contributed by atoms with E-state index >= 15 is 0 Å². The Morgan fingerprint density at radius 3 is 2.89 bits per heavy atom. The number of hydrogen-bond donors (Lipinski definition) is 3. The summed E-state index contributed by atoms with van der Waals surface area (Å²) in [6.07, 6.45) is 2.34. The van der Waals surface area contributed by atoms with E-state index in [0.29, 0.717) is 32.2 Å². The summed E-state index contributed by atoms with van der Waals surface area (Å²) >= 11 is 0. The van der Waals surface area contributed by atoms with Crippen LogP contribution in [0.15, 0.2) is 18.2 Å². The van der Waals surface area contributed by atoms with Crippen LogP contribution in [-0.2, 0) is 16.0 Å². The van der Waals surface area contributed by atoms with Gasteiger partial charge in [-0.3, -0.25) is 9.59 Å². The van der Waals surface area contributed by atoms with E-state index < -0.39 is 0 Å². The van der Waals surface area contributed by atoms with E-state index in [-0.39, 0.29) is 24.2 Å². The van der Waals surface area contributed by atoms with Crippen molar-refractivity contribution < 1.29 is 9.59 Å². The molecule has 4 N–H and O–H groups in total. The van der Waals surface area contributed by atoms with Crippen LogP contribution in [0.5, 0.6) is 0 Å². The highest BCUT2D eigenvalue weighted by molar-refractivity contribution is 5.95. The molecule has 0 atom stereocenters. The number of fused-ring (bicyclic) bond motifs is 1. The maximum atomic E-state index is 11.6. The molecule has 104 valence electrons. The van der Waals surface area contributed by atoms with Gasteiger partial charge in [0.15, 0.2) is 0 Å². The second-order valence-corrected chi connectivity index (χ2v) is 4.36. The SMILES string of the molecule is Cl.NCCCC(=O)Nc1ccc2c(c1)CCC(=O)N2. The normalized spacial score (nSPS) is 13.0. The minimum atomic E-state index is -0.0276. The minimum Gasteiger partial charge on any atom is -0.330 e. The van der Waals surface area contributed by atoms with Gasteiger partial charge >= 0.3 is 0 Å². The summed E-state index contributed by atoms with van der Waals surface area (Å²) in [5.41, 5.74) is 8.02. The van der Waals surface area contributed by atoms with E-state index in [0.717, 1.165) is 16.9 Å². The Balaban J connectivity index is 0.00000180. The van der Waals surface area contributed by atoms with Crippen LogP contribution in [0.1, 0.15) is 24.8 Å². The molecule has 0 fully saturated rings. The molecule has 1 heterocycles. The summed E-state index contributed by atoms with van der Waals surface area (Å²) in [4.78, 5) is 22.8. The van der Waals surface area contributed by atoms with E-state index in [4.69, 9.17) is 5.73 Å². The lowest BCUT2D eigenvalue weighted by Gasteiger charge is -2.17. The Kier molecular flexibility index (Phi) is 5.79. The lowest BCUT2D eigenvalue weighted by atomic mass is 10.0. The minimum absolute atomic E-state index is 0. The van der Waals surface area contributed by atoms with E-state index in [2.05, 4.69) is 10.6 Å². The van der Waals surface area contributed by atoms with Gasteiger partial charge in [0.05, 0.1) is 0 Å². The predicted octanol–water partition coefficient (Wildman–Crippen LogP) is 1.67. The molecule has 19 heavy (non-hydrogen) atoms. The highest BCUT2D eigenvalue weighted by atomic mass is 35.5. The Morgan fingerprint density at radius 2 is 2.16 bits per heavy atom. The van der Waals surface area contributed by atoms with Gasteiger partial charge < -0.3 is 16.4 Å². The molecule has 1 aliphatic rings. The number of halogens is 1. The van der Waals surface area contributed by atoms with Crippen LogP contribution in [0.25, 0.3) is 0 Å². The third-order valence-corrected chi connectivity index (χ3v) is 2.89. The van der Waals surface area contributed by atoms with Crippen molar-refractivity contribution in [2.45, 2.75) is 25.7 Å². The molecular formula is C13H18ClN3O2. The Morgan fingerprint density at radius 1 is 1.37 bits per heavy atom. The van der Waals surface area contributed by atoms with Crippen LogP contribution < -0.4 is 16.4 Å². The third kappa shape index (κ3) is 4.22. The van der Waals surface area contributed by atoms with Crippen molar-refractivity contribution in [1.29, 1.82) is 0 Å². The fourth-order valence-electron chi connectivity index (χ4n) is 1.95. The fraction of sp³-hybridized carbons (Fsp3) is 0.385. The summed E-state index contributed by atoms with van der Waals surface area (Å²) in [7, 11) is 0. The van der Waals surface area contributed by atoms with Crippen LogP contribution in [0, 0.1) is 0 Å². The summed E-state index contributed by atoms with van der Waals surface area (Å²) in [5.74, 6) is 0.0162. The zero-order valence-corrected chi connectivity index (χ0v) is 11.4. The summed E-state index contributed by atoms with van der Waals surface area (Å²) < 4.78 is 0. The van der Waals surface area contributed by atoms with Gasteiger partial charge in [-0.15, -0.1) is 12.4 Å². The number of hydrogen-bond acceptors (Lipinski definition) is 3. The van der Waals surface area contributed by atoms with E-state index in [1.807, 2.05) is 12.1 Å². The number of nitrogens with one attached hydrogen (secondary N) is 2. The molecule has 5 nitrogen and oxygen atoms in total. The summed E-state index contributed by atoms with van der Waals surface area (Å²) in [6.45, 7) is 0.517. The number of carbonyl (C=O) groups excluding carboxylic acids is 2. The van der Waals surface area contributed by atoms with Crippen molar-refractivity contribution in [3.05, 3.63) is 23.8 Å². The van der Waals surface area contributed by atoms with Crippen LogP contribution in [0.3, 0.4) is 0 Å². The molecule has 2 rings (SSSR count). The first-order valence-corrected chi connectivity index (χ1v) is 6.12.